The van der Waals surface area contributed by atoms with Gasteiger partial charge in [-0.3, -0.25) is 4.68 Å². The van der Waals surface area contributed by atoms with Gasteiger partial charge in [-0.05, 0) is 25.5 Å². The van der Waals surface area contributed by atoms with E-state index in [1.807, 2.05) is 13.8 Å². The molecule has 1 unspecified atom stereocenters. The molecule has 0 spiro atoms. The van der Waals surface area contributed by atoms with Gasteiger partial charge in [0, 0.05) is 17.8 Å². The summed E-state index contributed by atoms with van der Waals surface area (Å²) in [4.78, 5) is 11.2. The van der Waals surface area contributed by atoms with E-state index in [0.717, 1.165) is 12.5 Å². The predicted octanol–water partition coefficient (Wildman–Crippen LogP) is 3.50. The second kappa shape index (κ2) is 5.40. The number of aromatic carboxylic acids is 1. The first kappa shape index (κ1) is 14.2. The summed E-state index contributed by atoms with van der Waals surface area (Å²) in [6, 6.07) is 3.58. The van der Waals surface area contributed by atoms with Crippen molar-refractivity contribution in [2.45, 2.75) is 26.3 Å². The molecule has 1 aromatic carbocycles. The SMILES string of the molecule is CCC(C)n1cc(C(=O)O)c(-c2cccc(F)c2F)n1. The first-order valence-corrected chi connectivity index (χ1v) is 6.22. The molecule has 0 aliphatic heterocycles. The zero-order valence-corrected chi connectivity index (χ0v) is 11.1. The first-order chi connectivity index (χ1) is 9.45. The normalized spacial score (nSPS) is 12.4. The van der Waals surface area contributed by atoms with Crippen molar-refractivity contribution in [2.24, 2.45) is 0 Å². The molecule has 6 heteroatoms. The molecule has 0 amide bonds. The highest BCUT2D eigenvalue weighted by molar-refractivity contribution is 5.94. The minimum Gasteiger partial charge on any atom is -0.478 e. The van der Waals surface area contributed by atoms with E-state index in [9.17, 15) is 18.7 Å². The Hall–Kier alpha value is -2.24. The van der Waals surface area contributed by atoms with E-state index in [-0.39, 0.29) is 22.9 Å². The maximum atomic E-state index is 13.8. The third kappa shape index (κ3) is 2.41. The highest BCUT2D eigenvalue weighted by Crippen LogP contribution is 2.27. The maximum Gasteiger partial charge on any atom is 0.339 e. The number of carboxylic acids is 1. The highest BCUT2D eigenvalue weighted by Gasteiger charge is 2.22. The molecule has 0 saturated heterocycles. The quantitative estimate of drug-likeness (QED) is 0.932. The van der Waals surface area contributed by atoms with Crippen LogP contribution in [0.15, 0.2) is 24.4 Å². The fourth-order valence-corrected chi connectivity index (χ4v) is 1.85. The van der Waals surface area contributed by atoms with Gasteiger partial charge in [0.1, 0.15) is 11.3 Å². The van der Waals surface area contributed by atoms with E-state index >= 15 is 0 Å². The van der Waals surface area contributed by atoms with Crippen molar-refractivity contribution < 1.29 is 18.7 Å². The first-order valence-electron chi connectivity index (χ1n) is 6.22. The van der Waals surface area contributed by atoms with Gasteiger partial charge in [-0.1, -0.05) is 13.0 Å². The van der Waals surface area contributed by atoms with Crippen molar-refractivity contribution in [1.29, 1.82) is 0 Å². The van der Waals surface area contributed by atoms with Gasteiger partial charge < -0.3 is 5.11 Å². The fraction of sp³-hybridized carbons (Fsp3) is 0.286. The van der Waals surface area contributed by atoms with Gasteiger partial charge >= 0.3 is 5.97 Å². The van der Waals surface area contributed by atoms with Crippen LogP contribution >= 0.6 is 0 Å². The van der Waals surface area contributed by atoms with Crippen LogP contribution in [-0.4, -0.2) is 20.9 Å². The summed E-state index contributed by atoms with van der Waals surface area (Å²) in [6.45, 7) is 3.79. The van der Waals surface area contributed by atoms with E-state index in [2.05, 4.69) is 5.10 Å². The number of rotatable bonds is 4. The molecular formula is C14H14F2N2O2. The lowest BCUT2D eigenvalue weighted by atomic mass is 10.1. The zero-order chi connectivity index (χ0) is 14.9. The fourth-order valence-electron chi connectivity index (χ4n) is 1.85. The molecule has 1 atom stereocenters. The average Bonchev–Trinajstić information content (AvgIpc) is 2.86. The number of carbonyl (C=O) groups is 1. The number of carboxylic acid groups (broad SMARTS) is 1. The van der Waals surface area contributed by atoms with Gasteiger partial charge in [0.25, 0.3) is 0 Å². The van der Waals surface area contributed by atoms with E-state index < -0.39 is 17.6 Å². The van der Waals surface area contributed by atoms with Crippen LogP contribution in [0.1, 0.15) is 36.7 Å². The second-order valence-electron chi connectivity index (χ2n) is 4.54. The van der Waals surface area contributed by atoms with Crippen molar-refractivity contribution in [2.75, 3.05) is 0 Å². The van der Waals surface area contributed by atoms with Gasteiger partial charge in [0.05, 0.1) is 0 Å². The predicted molar refractivity (Wildman–Crippen MR) is 69.5 cm³/mol. The molecule has 0 fully saturated rings. The molecule has 1 heterocycles. The molecule has 0 saturated carbocycles. The number of hydrogen-bond acceptors (Lipinski definition) is 2. The Morgan fingerprint density at radius 1 is 1.45 bits per heavy atom. The number of benzene rings is 1. The largest absolute Gasteiger partial charge is 0.478 e. The van der Waals surface area contributed by atoms with Crippen molar-refractivity contribution in [3.8, 4) is 11.3 Å². The zero-order valence-electron chi connectivity index (χ0n) is 11.1. The molecule has 0 bridgehead atoms. The monoisotopic (exact) mass is 280 g/mol. The van der Waals surface area contributed by atoms with Gasteiger partial charge in [-0.15, -0.1) is 0 Å². The van der Waals surface area contributed by atoms with Crippen molar-refractivity contribution in [3.63, 3.8) is 0 Å². The summed E-state index contributed by atoms with van der Waals surface area (Å²) < 4.78 is 28.5. The van der Waals surface area contributed by atoms with Gasteiger partial charge in [0.15, 0.2) is 11.6 Å². The second-order valence-corrected chi connectivity index (χ2v) is 4.54. The summed E-state index contributed by atoms with van der Waals surface area (Å²) in [7, 11) is 0. The molecule has 2 aromatic rings. The lowest BCUT2D eigenvalue weighted by Crippen LogP contribution is -2.04. The Morgan fingerprint density at radius 3 is 2.75 bits per heavy atom. The maximum absolute atomic E-state index is 13.8. The van der Waals surface area contributed by atoms with Gasteiger partial charge in [0.2, 0.25) is 0 Å². The minimum atomic E-state index is -1.22. The van der Waals surface area contributed by atoms with E-state index in [1.54, 1.807) is 0 Å². The average molecular weight is 280 g/mol. The summed E-state index contributed by atoms with van der Waals surface area (Å²) >= 11 is 0. The van der Waals surface area contributed by atoms with Crippen LogP contribution < -0.4 is 0 Å². The van der Waals surface area contributed by atoms with Crippen LogP contribution in [0.5, 0.6) is 0 Å². The highest BCUT2D eigenvalue weighted by atomic mass is 19.2. The molecule has 4 nitrogen and oxygen atoms in total. The lowest BCUT2D eigenvalue weighted by Gasteiger charge is -2.08. The van der Waals surface area contributed by atoms with Crippen LogP contribution in [0.2, 0.25) is 0 Å². The minimum absolute atomic E-state index is 0.0292. The molecule has 0 aliphatic rings. The molecule has 20 heavy (non-hydrogen) atoms. The molecule has 1 aromatic heterocycles. The Morgan fingerprint density at radius 2 is 2.15 bits per heavy atom. The summed E-state index contributed by atoms with van der Waals surface area (Å²) in [5.74, 6) is -3.35. The Balaban J connectivity index is 2.63. The Kier molecular flexibility index (Phi) is 3.83. The smallest absolute Gasteiger partial charge is 0.339 e. The summed E-state index contributed by atoms with van der Waals surface area (Å²) in [5.41, 5.74) is -0.353. The Labute approximate surface area is 114 Å². The third-order valence-electron chi connectivity index (χ3n) is 3.21. The van der Waals surface area contributed by atoms with E-state index in [1.165, 1.54) is 23.0 Å². The molecule has 0 radical (unpaired) electrons. The van der Waals surface area contributed by atoms with Crippen molar-refractivity contribution >= 4 is 5.97 Å². The lowest BCUT2D eigenvalue weighted by molar-refractivity contribution is 0.0697. The third-order valence-corrected chi connectivity index (χ3v) is 3.21. The van der Waals surface area contributed by atoms with E-state index in [4.69, 9.17) is 0 Å². The Bertz CT molecular complexity index is 653. The van der Waals surface area contributed by atoms with Crippen molar-refractivity contribution in [3.05, 3.63) is 41.6 Å². The molecule has 2 rings (SSSR count). The van der Waals surface area contributed by atoms with Crippen LogP contribution in [-0.2, 0) is 0 Å². The van der Waals surface area contributed by atoms with E-state index in [0.29, 0.717) is 0 Å². The molecule has 106 valence electrons. The molecule has 1 N–H and O–H groups in total. The topological polar surface area (TPSA) is 55.1 Å². The summed E-state index contributed by atoms with van der Waals surface area (Å²) in [6.07, 6.45) is 2.09. The van der Waals surface area contributed by atoms with Crippen LogP contribution in [0, 0.1) is 11.6 Å². The molecular weight excluding hydrogens is 266 g/mol. The standard InChI is InChI=1S/C14H14F2N2O2/c1-3-8(2)18-7-10(14(19)20)13(17-18)9-5-4-6-11(15)12(9)16/h4-8H,3H2,1-2H3,(H,19,20). The van der Waals surface area contributed by atoms with Gasteiger partial charge in [-0.2, -0.15) is 5.10 Å². The number of halogens is 2. The van der Waals surface area contributed by atoms with Crippen molar-refractivity contribution in [1.82, 2.24) is 9.78 Å². The van der Waals surface area contributed by atoms with Crippen LogP contribution in [0.4, 0.5) is 8.78 Å². The summed E-state index contributed by atoms with van der Waals surface area (Å²) in [5, 5.41) is 13.3. The number of hydrogen-bond donors (Lipinski definition) is 1. The molecule has 0 aliphatic carbocycles. The van der Waals surface area contributed by atoms with Gasteiger partial charge in [-0.25, -0.2) is 13.6 Å². The van der Waals surface area contributed by atoms with Crippen LogP contribution in [0.3, 0.4) is 0 Å². The number of aromatic nitrogens is 2. The number of nitrogens with zero attached hydrogens (tertiary/aromatic N) is 2. The van der Waals surface area contributed by atoms with Crippen LogP contribution in [0.25, 0.3) is 11.3 Å².